The van der Waals surface area contributed by atoms with E-state index in [2.05, 4.69) is 0 Å². The van der Waals surface area contributed by atoms with Crippen molar-refractivity contribution in [2.45, 2.75) is 11.3 Å². The summed E-state index contributed by atoms with van der Waals surface area (Å²) in [4.78, 5) is 0.0773. The van der Waals surface area contributed by atoms with Gasteiger partial charge in [0.1, 0.15) is 0 Å². The van der Waals surface area contributed by atoms with Gasteiger partial charge in [-0.25, -0.2) is 8.42 Å². The first-order valence-electron chi connectivity index (χ1n) is 5.34. The average molecular weight is 336 g/mol. The van der Waals surface area contributed by atoms with Crippen LogP contribution >= 0.6 is 33.9 Å². The van der Waals surface area contributed by atoms with Crippen LogP contribution in [-0.4, -0.2) is 8.42 Å². The summed E-state index contributed by atoms with van der Waals surface area (Å²) in [5.41, 5.74) is 1.48. The maximum absolute atomic E-state index is 11.5. The summed E-state index contributed by atoms with van der Waals surface area (Å²) in [5.74, 6) is 0. The highest BCUT2D eigenvalue weighted by Gasteiger charge is 2.16. The summed E-state index contributed by atoms with van der Waals surface area (Å²) < 4.78 is 23.0. The van der Waals surface area contributed by atoms with Gasteiger partial charge in [0.05, 0.1) is 4.90 Å². The van der Waals surface area contributed by atoms with Gasteiger partial charge in [-0.3, -0.25) is 0 Å². The molecule has 0 unspecified atom stereocenters. The molecule has 0 radical (unpaired) electrons. The van der Waals surface area contributed by atoms with Gasteiger partial charge in [-0.1, -0.05) is 35.3 Å². The first-order valence-corrected chi connectivity index (χ1v) is 8.40. The molecule has 19 heavy (non-hydrogen) atoms. The molecule has 0 spiro atoms. The standard InChI is InChI=1S/C13H9Cl3O2S/c14-11-3-1-9(2-4-11)7-10-8-12(15)5-6-13(10)19(16,17)18/h1-6,8H,7H2. The molecule has 2 aromatic carbocycles. The Morgan fingerprint density at radius 2 is 1.47 bits per heavy atom. The van der Waals surface area contributed by atoms with Crippen LogP contribution in [0.3, 0.4) is 0 Å². The molecule has 0 bridgehead atoms. The highest BCUT2D eigenvalue weighted by molar-refractivity contribution is 8.13. The van der Waals surface area contributed by atoms with Crippen LogP contribution in [0.25, 0.3) is 0 Å². The van der Waals surface area contributed by atoms with E-state index in [1.54, 1.807) is 18.2 Å². The SMILES string of the molecule is O=S(=O)(Cl)c1ccc(Cl)cc1Cc1ccc(Cl)cc1. The second kappa shape index (κ2) is 5.71. The zero-order valence-corrected chi connectivity index (χ0v) is 12.7. The van der Waals surface area contributed by atoms with Crippen molar-refractivity contribution in [1.82, 2.24) is 0 Å². The highest BCUT2D eigenvalue weighted by atomic mass is 35.7. The van der Waals surface area contributed by atoms with Crippen molar-refractivity contribution in [3.05, 3.63) is 63.6 Å². The summed E-state index contributed by atoms with van der Waals surface area (Å²) in [6.45, 7) is 0. The van der Waals surface area contributed by atoms with Crippen molar-refractivity contribution in [3.63, 3.8) is 0 Å². The molecule has 0 saturated heterocycles. The topological polar surface area (TPSA) is 34.1 Å². The maximum atomic E-state index is 11.5. The van der Waals surface area contributed by atoms with E-state index in [1.807, 2.05) is 12.1 Å². The molecule has 0 fully saturated rings. The van der Waals surface area contributed by atoms with E-state index in [0.717, 1.165) is 5.56 Å². The predicted molar refractivity (Wildman–Crippen MR) is 78.7 cm³/mol. The van der Waals surface area contributed by atoms with Crippen molar-refractivity contribution in [3.8, 4) is 0 Å². The molecule has 0 aliphatic rings. The van der Waals surface area contributed by atoms with Crippen molar-refractivity contribution >= 4 is 42.9 Å². The molecule has 2 rings (SSSR count). The van der Waals surface area contributed by atoms with E-state index in [-0.39, 0.29) is 4.90 Å². The first kappa shape index (κ1) is 14.7. The summed E-state index contributed by atoms with van der Waals surface area (Å²) >= 11 is 11.7. The van der Waals surface area contributed by atoms with E-state index in [0.29, 0.717) is 22.0 Å². The first-order chi connectivity index (χ1) is 8.86. The molecule has 100 valence electrons. The van der Waals surface area contributed by atoms with Gasteiger partial charge in [0, 0.05) is 20.7 Å². The van der Waals surface area contributed by atoms with Crippen LogP contribution in [0.5, 0.6) is 0 Å². The lowest BCUT2D eigenvalue weighted by Crippen LogP contribution is -1.99. The van der Waals surface area contributed by atoms with E-state index < -0.39 is 9.05 Å². The van der Waals surface area contributed by atoms with Gasteiger partial charge in [0.15, 0.2) is 0 Å². The Bertz CT molecular complexity index is 694. The van der Waals surface area contributed by atoms with Crippen LogP contribution in [-0.2, 0) is 15.5 Å². The Morgan fingerprint density at radius 1 is 0.895 bits per heavy atom. The molecule has 0 N–H and O–H groups in total. The Kier molecular flexibility index (Phi) is 4.41. The molecular weight excluding hydrogens is 327 g/mol. The van der Waals surface area contributed by atoms with E-state index in [4.69, 9.17) is 33.9 Å². The van der Waals surface area contributed by atoms with Gasteiger partial charge in [-0.2, -0.15) is 0 Å². The number of rotatable bonds is 3. The molecule has 0 saturated carbocycles. The minimum Gasteiger partial charge on any atom is -0.207 e. The predicted octanol–water partition coefficient (Wildman–Crippen LogP) is 4.51. The second-order valence-electron chi connectivity index (χ2n) is 3.99. The van der Waals surface area contributed by atoms with Gasteiger partial charge in [0.2, 0.25) is 0 Å². The maximum Gasteiger partial charge on any atom is 0.261 e. The third kappa shape index (κ3) is 3.86. The summed E-state index contributed by atoms with van der Waals surface area (Å²) in [7, 11) is 1.62. The van der Waals surface area contributed by atoms with Gasteiger partial charge in [-0.05, 0) is 47.9 Å². The van der Waals surface area contributed by atoms with Crippen molar-refractivity contribution in [2.24, 2.45) is 0 Å². The number of benzene rings is 2. The summed E-state index contributed by atoms with van der Waals surface area (Å²) in [5, 5.41) is 1.09. The van der Waals surface area contributed by atoms with Gasteiger partial charge < -0.3 is 0 Å². The highest BCUT2D eigenvalue weighted by Crippen LogP contribution is 2.26. The Balaban J connectivity index is 2.44. The molecule has 0 aliphatic carbocycles. The van der Waals surface area contributed by atoms with E-state index >= 15 is 0 Å². The summed E-state index contributed by atoms with van der Waals surface area (Å²) in [6.07, 6.45) is 0.416. The molecule has 2 aromatic rings. The van der Waals surface area contributed by atoms with Crippen LogP contribution in [0, 0.1) is 0 Å². The molecule has 0 aromatic heterocycles. The van der Waals surface area contributed by atoms with Crippen LogP contribution in [0.2, 0.25) is 10.0 Å². The number of halogens is 3. The lowest BCUT2D eigenvalue weighted by molar-refractivity contribution is 0.608. The van der Waals surface area contributed by atoms with Crippen LogP contribution < -0.4 is 0 Å². The third-order valence-electron chi connectivity index (χ3n) is 2.59. The molecule has 0 aliphatic heterocycles. The van der Waals surface area contributed by atoms with Crippen LogP contribution in [0.15, 0.2) is 47.4 Å². The van der Waals surface area contributed by atoms with Gasteiger partial charge in [-0.15, -0.1) is 0 Å². The largest absolute Gasteiger partial charge is 0.261 e. The van der Waals surface area contributed by atoms with Crippen molar-refractivity contribution in [2.75, 3.05) is 0 Å². The van der Waals surface area contributed by atoms with E-state index in [1.165, 1.54) is 12.1 Å². The number of hydrogen-bond donors (Lipinski definition) is 0. The Morgan fingerprint density at radius 3 is 2.05 bits per heavy atom. The van der Waals surface area contributed by atoms with Gasteiger partial charge in [0.25, 0.3) is 9.05 Å². The zero-order valence-electron chi connectivity index (χ0n) is 9.61. The zero-order chi connectivity index (χ0) is 14.0. The van der Waals surface area contributed by atoms with E-state index in [9.17, 15) is 8.42 Å². The molecular formula is C13H9Cl3O2S. The quantitative estimate of drug-likeness (QED) is 0.773. The lowest BCUT2D eigenvalue weighted by atomic mass is 10.1. The second-order valence-corrected chi connectivity index (χ2v) is 7.40. The van der Waals surface area contributed by atoms with Crippen molar-refractivity contribution < 1.29 is 8.42 Å². The monoisotopic (exact) mass is 334 g/mol. The molecule has 6 heteroatoms. The number of hydrogen-bond acceptors (Lipinski definition) is 2. The fraction of sp³-hybridized carbons (Fsp3) is 0.0769. The Labute approximate surface area is 126 Å². The van der Waals surface area contributed by atoms with Crippen molar-refractivity contribution in [1.29, 1.82) is 0 Å². The lowest BCUT2D eigenvalue weighted by Gasteiger charge is -2.08. The fourth-order valence-corrected chi connectivity index (χ4v) is 3.19. The average Bonchev–Trinajstić information content (AvgIpc) is 2.30. The minimum atomic E-state index is -3.79. The fourth-order valence-electron chi connectivity index (χ4n) is 1.75. The molecule has 0 amide bonds. The Hall–Kier alpha value is -0.740. The van der Waals surface area contributed by atoms with Crippen LogP contribution in [0.4, 0.5) is 0 Å². The normalized spacial score (nSPS) is 11.5. The minimum absolute atomic E-state index is 0.0773. The molecule has 0 atom stereocenters. The smallest absolute Gasteiger partial charge is 0.207 e. The summed E-state index contributed by atoms with van der Waals surface area (Å²) in [6, 6.07) is 11.7. The molecule has 2 nitrogen and oxygen atoms in total. The van der Waals surface area contributed by atoms with Gasteiger partial charge >= 0.3 is 0 Å². The molecule has 0 heterocycles. The van der Waals surface area contributed by atoms with Crippen LogP contribution in [0.1, 0.15) is 11.1 Å². The third-order valence-corrected chi connectivity index (χ3v) is 4.50.